The Labute approximate surface area is 229 Å². The molecule has 0 aromatic carbocycles. The van der Waals surface area contributed by atoms with E-state index in [1.807, 2.05) is 12.2 Å². The Balaban J connectivity index is 1.92. The van der Waals surface area contributed by atoms with Crippen molar-refractivity contribution in [3.8, 4) is 0 Å². The van der Waals surface area contributed by atoms with Crippen molar-refractivity contribution in [1.29, 1.82) is 0 Å². The van der Waals surface area contributed by atoms with Gasteiger partial charge in [0.1, 0.15) is 18.9 Å². The van der Waals surface area contributed by atoms with Crippen LogP contribution in [0.25, 0.3) is 0 Å². The van der Waals surface area contributed by atoms with E-state index >= 15 is 0 Å². The van der Waals surface area contributed by atoms with Crippen LogP contribution in [-0.4, -0.2) is 75.3 Å². The molecule has 0 aromatic heterocycles. The molecule has 0 bridgehead atoms. The van der Waals surface area contributed by atoms with Gasteiger partial charge in [0.15, 0.2) is 0 Å². The lowest BCUT2D eigenvalue weighted by atomic mass is 9.65. The summed E-state index contributed by atoms with van der Waals surface area (Å²) in [6, 6.07) is -0.300. The number of rotatable bonds is 11. The first-order valence-corrected chi connectivity index (χ1v) is 15.9. The molecule has 2 fully saturated rings. The molecule has 3 aliphatic rings. The average molecular weight is 544 g/mol. The summed E-state index contributed by atoms with van der Waals surface area (Å²) in [5.41, 5.74) is 0.905. The van der Waals surface area contributed by atoms with Crippen LogP contribution in [0.1, 0.15) is 40.5 Å². The summed E-state index contributed by atoms with van der Waals surface area (Å²) < 4.78 is 16.8. The summed E-state index contributed by atoms with van der Waals surface area (Å²) in [5.74, 6) is -0.916. The van der Waals surface area contributed by atoms with Gasteiger partial charge in [0.05, 0.1) is 18.0 Å². The minimum atomic E-state index is -0.917. The van der Waals surface area contributed by atoms with Crippen molar-refractivity contribution in [3.63, 3.8) is 0 Å². The van der Waals surface area contributed by atoms with E-state index in [0.717, 1.165) is 18.4 Å². The van der Waals surface area contributed by atoms with Gasteiger partial charge in [0.2, 0.25) is 14.9 Å². The van der Waals surface area contributed by atoms with Gasteiger partial charge in [-0.15, -0.1) is 0 Å². The number of ether oxygens (including phenoxy) is 2. The smallest absolute Gasteiger partial charge is 0.410 e. The number of hydrogen-bond acceptors (Lipinski definition) is 6. The van der Waals surface area contributed by atoms with Crippen LogP contribution >= 0.6 is 0 Å². The van der Waals surface area contributed by atoms with Gasteiger partial charge in [0, 0.05) is 19.1 Å². The molecule has 2 saturated heterocycles. The van der Waals surface area contributed by atoms with E-state index in [-0.39, 0.29) is 60.5 Å². The first-order chi connectivity index (χ1) is 17.9. The van der Waals surface area contributed by atoms with Gasteiger partial charge >= 0.3 is 12.1 Å². The van der Waals surface area contributed by atoms with Gasteiger partial charge in [-0.2, -0.15) is 0 Å². The van der Waals surface area contributed by atoms with E-state index in [2.05, 4.69) is 53.9 Å². The molecule has 8 nitrogen and oxygen atoms in total. The minimum absolute atomic E-state index is 0.0114. The van der Waals surface area contributed by atoms with Crippen molar-refractivity contribution < 1.29 is 28.3 Å². The van der Waals surface area contributed by atoms with Crippen LogP contribution in [0.15, 0.2) is 48.7 Å². The summed E-state index contributed by atoms with van der Waals surface area (Å²) in [6.07, 6.45) is 8.20. The van der Waals surface area contributed by atoms with Gasteiger partial charge in [-0.05, 0) is 42.8 Å². The van der Waals surface area contributed by atoms with E-state index in [0.29, 0.717) is 18.8 Å². The van der Waals surface area contributed by atoms with Crippen LogP contribution in [0, 0.1) is 23.2 Å². The monoisotopic (exact) mass is 543 g/mol. The van der Waals surface area contributed by atoms with Crippen molar-refractivity contribution in [1.82, 2.24) is 9.80 Å². The predicted octanol–water partition coefficient (Wildman–Crippen LogP) is 4.72. The number of carbonyl (C=O) groups excluding carboxylic acids is 3. The molecule has 38 heavy (non-hydrogen) atoms. The molecule has 209 valence electrons. The van der Waals surface area contributed by atoms with Crippen LogP contribution in [-0.2, 0) is 23.5 Å². The van der Waals surface area contributed by atoms with Crippen molar-refractivity contribution in [3.05, 3.63) is 48.7 Å². The van der Waals surface area contributed by atoms with E-state index < -0.39 is 15.0 Å². The van der Waals surface area contributed by atoms with Crippen LogP contribution in [0.2, 0.25) is 13.1 Å². The van der Waals surface area contributed by atoms with E-state index in [1.165, 1.54) is 6.08 Å². The Hall–Kier alpha value is -2.65. The van der Waals surface area contributed by atoms with E-state index in [1.54, 1.807) is 15.9 Å². The summed E-state index contributed by atoms with van der Waals surface area (Å²) in [4.78, 5) is 42.7. The highest BCUT2D eigenvalue weighted by Gasteiger charge is 2.61. The highest BCUT2D eigenvalue weighted by molar-refractivity contribution is 6.48. The first-order valence-electron chi connectivity index (χ1n) is 13.4. The number of esters is 1. The zero-order valence-electron chi connectivity index (χ0n) is 23.7. The maximum Gasteiger partial charge on any atom is 0.410 e. The van der Waals surface area contributed by atoms with Crippen molar-refractivity contribution in [2.75, 3.05) is 26.4 Å². The average Bonchev–Trinajstić information content (AvgIpc) is 3.41. The molecule has 0 spiro atoms. The highest BCUT2D eigenvalue weighted by atomic mass is 28.3. The molecule has 9 heteroatoms. The van der Waals surface area contributed by atoms with Crippen LogP contribution in [0.4, 0.5) is 4.79 Å². The number of β-lactam (4-membered cyclic amide) rings is 1. The van der Waals surface area contributed by atoms with Gasteiger partial charge < -0.3 is 23.7 Å². The third-order valence-electron chi connectivity index (χ3n) is 7.69. The first kappa shape index (κ1) is 29.9. The lowest BCUT2D eigenvalue weighted by Gasteiger charge is -2.51. The lowest BCUT2D eigenvalue weighted by molar-refractivity contribution is -0.165. The summed E-state index contributed by atoms with van der Waals surface area (Å²) in [7, 11) is -0.917. The van der Waals surface area contributed by atoms with Gasteiger partial charge in [0.25, 0.3) is 0 Å². The second-order valence-corrected chi connectivity index (χ2v) is 13.6. The molecule has 1 radical (unpaired) electrons. The molecule has 0 aliphatic carbocycles. The van der Waals surface area contributed by atoms with Crippen LogP contribution < -0.4 is 0 Å². The summed E-state index contributed by atoms with van der Waals surface area (Å²) in [5, 5.41) is 0. The molecule has 2 amide bonds. The second-order valence-electron chi connectivity index (χ2n) is 11.5. The van der Waals surface area contributed by atoms with Gasteiger partial charge in [-0.25, -0.2) is 9.59 Å². The van der Waals surface area contributed by atoms with Gasteiger partial charge in [-0.3, -0.25) is 4.79 Å². The number of likely N-dealkylation sites (tertiary alicyclic amines) is 1. The maximum absolute atomic E-state index is 13.7. The largest absolute Gasteiger partial charge is 0.457 e. The third kappa shape index (κ3) is 6.15. The molecule has 3 aliphatic heterocycles. The molecule has 0 aromatic rings. The van der Waals surface area contributed by atoms with Crippen molar-refractivity contribution in [2.24, 2.45) is 23.2 Å². The molecular formula is C29H43N2O6Si. The Morgan fingerprint density at radius 2 is 1.82 bits per heavy atom. The van der Waals surface area contributed by atoms with E-state index in [4.69, 9.17) is 13.9 Å². The quantitative estimate of drug-likeness (QED) is 0.162. The summed E-state index contributed by atoms with van der Waals surface area (Å²) >= 11 is 0. The minimum Gasteiger partial charge on any atom is -0.457 e. The highest BCUT2D eigenvalue weighted by Crippen LogP contribution is 2.52. The van der Waals surface area contributed by atoms with Gasteiger partial charge in [-0.1, -0.05) is 65.2 Å². The topological polar surface area (TPSA) is 85.4 Å². The van der Waals surface area contributed by atoms with E-state index in [9.17, 15) is 14.4 Å². The number of nitrogens with zero attached hydrogens (tertiary/aromatic N) is 2. The fraction of sp³-hybridized carbons (Fsp3) is 0.621. The number of hydrogen-bond donors (Lipinski definition) is 0. The van der Waals surface area contributed by atoms with Crippen molar-refractivity contribution in [2.45, 2.75) is 65.7 Å². The molecular weight excluding hydrogens is 500 g/mol. The fourth-order valence-corrected chi connectivity index (χ4v) is 6.23. The number of allylic oxidation sites excluding steroid dienone is 1. The Bertz CT molecular complexity index is 998. The zero-order chi connectivity index (χ0) is 28.2. The fourth-order valence-electron chi connectivity index (χ4n) is 5.72. The number of amides is 2. The Morgan fingerprint density at radius 1 is 1.16 bits per heavy atom. The maximum atomic E-state index is 13.7. The Morgan fingerprint density at radius 3 is 2.42 bits per heavy atom. The molecule has 0 saturated carbocycles. The lowest BCUT2D eigenvalue weighted by Crippen LogP contribution is -2.64. The number of carbonyl (C=O) groups is 3. The second kappa shape index (κ2) is 12.5. The molecule has 3 rings (SSSR count). The predicted molar refractivity (Wildman–Crippen MR) is 148 cm³/mol. The molecule has 5 atom stereocenters. The third-order valence-corrected chi connectivity index (χ3v) is 8.43. The number of fused-ring (bicyclic) bond motifs is 1. The molecule has 3 heterocycles. The Kier molecular flexibility index (Phi) is 9.81. The molecule has 0 unspecified atom stereocenters. The standard InChI is InChI=1S/C29H43N2O6Si/c1-9-16-35-27(33)25-21(14-13-20-12-11-15-30(20)28(34)36-17-10-2)19(3)24-23(26(32)31(24)25)22(29(4,5)6)18-37-38(7)8/h9-10,13-14,19-20,22-24H,1-2,11-12,15-18H2,3-8H3/b14-13+/t19-,20-,22+,23-,24+/m0/s1. The van der Waals surface area contributed by atoms with Crippen molar-refractivity contribution >= 4 is 27.0 Å². The van der Waals surface area contributed by atoms with Crippen LogP contribution in [0.5, 0.6) is 0 Å². The normalized spacial score (nSPS) is 26.0. The summed E-state index contributed by atoms with van der Waals surface area (Å²) in [6.45, 7) is 21.2. The SMILES string of the molecule is C=CCOC(=O)C1=C(/C=C/[C@@H]2CCCN2C(=O)OCC=C)[C@H](C)[C@@H]2[C@H]([C@@H](CO[Si](C)C)C(C)(C)C)C(=O)N12. The zero-order valence-corrected chi connectivity index (χ0v) is 24.7. The molecule has 0 N–H and O–H groups in total. The van der Waals surface area contributed by atoms with Crippen LogP contribution in [0.3, 0.4) is 0 Å².